The topological polar surface area (TPSA) is 33.5 Å². The molecule has 98 valence electrons. The molecule has 19 heavy (non-hydrogen) atoms. The summed E-state index contributed by atoms with van der Waals surface area (Å²) in [5, 5.41) is 0. The first-order valence-electron chi connectivity index (χ1n) is 6.56. The summed E-state index contributed by atoms with van der Waals surface area (Å²) >= 11 is 0. The van der Waals surface area contributed by atoms with Crippen molar-refractivity contribution in [2.45, 2.75) is 33.2 Å². The average molecular weight is 255 g/mol. The number of aryl methyl sites for hydroxylation is 2. The van der Waals surface area contributed by atoms with Crippen molar-refractivity contribution in [2.24, 2.45) is 0 Å². The molecule has 0 saturated carbocycles. The number of rotatable bonds is 1. The highest BCUT2D eigenvalue weighted by atomic mass is 16.4. The number of amides is 1. The zero-order valence-electron chi connectivity index (χ0n) is 11.4. The second-order valence-electron chi connectivity index (χ2n) is 5.21. The van der Waals surface area contributed by atoms with Crippen LogP contribution in [0, 0.1) is 13.8 Å². The lowest BCUT2D eigenvalue weighted by Gasteiger charge is -2.21. The van der Waals surface area contributed by atoms with Crippen LogP contribution in [0.4, 0.5) is 5.69 Å². The highest BCUT2D eigenvalue weighted by Gasteiger charge is 2.32. The van der Waals surface area contributed by atoms with Gasteiger partial charge in [-0.2, -0.15) is 0 Å². The fourth-order valence-corrected chi connectivity index (χ4v) is 2.67. The summed E-state index contributed by atoms with van der Waals surface area (Å²) in [6.45, 7) is 5.91. The van der Waals surface area contributed by atoms with Gasteiger partial charge in [0.2, 0.25) is 0 Å². The smallest absolute Gasteiger partial charge is 0.294 e. The minimum atomic E-state index is -0.0475. The van der Waals surface area contributed by atoms with E-state index in [1.54, 1.807) is 0 Å². The number of hydrogen-bond acceptors (Lipinski definition) is 2. The Labute approximate surface area is 112 Å². The second-order valence-corrected chi connectivity index (χ2v) is 5.21. The molecule has 0 bridgehead atoms. The molecule has 0 fully saturated rings. The van der Waals surface area contributed by atoms with E-state index >= 15 is 0 Å². The standard InChI is InChI=1S/C16H17NO2/c1-10-8-15(19-12(10)3)16(18)17-11(2)9-13-6-4-5-7-14(13)17/h4-8,11H,9H2,1-3H3. The van der Waals surface area contributed by atoms with Gasteiger partial charge in [-0.05, 0) is 50.5 Å². The van der Waals surface area contributed by atoms with Crippen molar-refractivity contribution < 1.29 is 9.21 Å². The lowest BCUT2D eigenvalue weighted by molar-refractivity contribution is 0.0953. The van der Waals surface area contributed by atoms with E-state index in [9.17, 15) is 4.79 Å². The third-order valence-corrected chi connectivity index (χ3v) is 3.80. The lowest BCUT2D eigenvalue weighted by Crippen LogP contribution is -2.35. The molecule has 3 rings (SSSR count). The van der Waals surface area contributed by atoms with Crippen LogP contribution in [-0.2, 0) is 6.42 Å². The normalized spacial score (nSPS) is 17.6. The number of hydrogen-bond donors (Lipinski definition) is 0. The van der Waals surface area contributed by atoms with Crippen LogP contribution < -0.4 is 4.90 Å². The number of carbonyl (C=O) groups excluding carboxylic acids is 1. The second kappa shape index (κ2) is 4.26. The number of fused-ring (bicyclic) bond motifs is 1. The van der Waals surface area contributed by atoms with Crippen molar-refractivity contribution in [3.05, 3.63) is 53.0 Å². The third-order valence-electron chi connectivity index (χ3n) is 3.80. The summed E-state index contributed by atoms with van der Waals surface area (Å²) in [5.74, 6) is 1.19. The quantitative estimate of drug-likeness (QED) is 0.781. The summed E-state index contributed by atoms with van der Waals surface area (Å²) in [6.07, 6.45) is 0.903. The maximum absolute atomic E-state index is 12.6. The number of para-hydroxylation sites is 1. The molecule has 1 aliphatic heterocycles. The molecule has 3 heteroatoms. The van der Waals surface area contributed by atoms with Gasteiger partial charge in [0.1, 0.15) is 5.76 Å². The molecular formula is C16H17NO2. The van der Waals surface area contributed by atoms with Gasteiger partial charge in [-0.3, -0.25) is 4.79 Å². The van der Waals surface area contributed by atoms with E-state index in [4.69, 9.17) is 4.42 Å². The van der Waals surface area contributed by atoms with Crippen LogP contribution in [0.15, 0.2) is 34.7 Å². The SMILES string of the molecule is Cc1cc(C(=O)N2c3ccccc3CC2C)oc1C. The van der Waals surface area contributed by atoms with Crippen molar-refractivity contribution >= 4 is 11.6 Å². The van der Waals surface area contributed by atoms with E-state index in [1.807, 2.05) is 43.0 Å². The number of benzene rings is 1. The number of furan rings is 1. The molecule has 0 aliphatic carbocycles. The first kappa shape index (κ1) is 12.0. The van der Waals surface area contributed by atoms with Gasteiger partial charge in [0.05, 0.1) is 0 Å². The van der Waals surface area contributed by atoms with Gasteiger partial charge in [0, 0.05) is 11.7 Å². The van der Waals surface area contributed by atoms with Gasteiger partial charge in [0.25, 0.3) is 5.91 Å². The minimum absolute atomic E-state index is 0.0475. The molecule has 0 spiro atoms. The number of anilines is 1. The molecule has 1 atom stereocenters. The molecular weight excluding hydrogens is 238 g/mol. The van der Waals surface area contributed by atoms with Gasteiger partial charge < -0.3 is 9.32 Å². The van der Waals surface area contributed by atoms with E-state index in [1.165, 1.54) is 5.56 Å². The Morgan fingerprint density at radius 2 is 2.05 bits per heavy atom. The van der Waals surface area contributed by atoms with Gasteiger partial charge >= 0.3 is 0 Å². The Hall–Kier alpha value is -2.03. The first-order chi connectivity index (χ1) is 9.08. The highest BCUT2D eigenvalue weighted by Crippen LogP contribution is 2.33. The maximum atomic E-state index is 12.6. The van der Waals surface area contributed by atoms with Crippen LogP contribution in [0.25, 0.3) is 0 Å². The van der Waals surface area contributed by atoms with Crippen LogP contribution >= 0.6 is 0 Å². The van der Waals surface area contributed by atoms with Crippen LogP contribution in [0.5, 0.6) is 0 Å². The zero-order chi connectivity index (χ0) is 13.6. The third kappa shape index (κ3) is 1.86. The Balaban J connectivity index is 2.00. The van der Waals surface area contributed by atoms with E-state index in [-0.39, 0.29) is 11.9 Å². The van der Waals surface area contributed by atoms with Crippen molar-refractivity contribution in [2.75, 3.05) is 4.90 Å². The molecule has 0 saturated heterocycles. The highest BCUT2D eigenvalue weighted by molar-refractivity contribution is 6.06. The molecule has 1 amide bonds. The van der Waals surface area contributed by atoms with Crippen molar-refractivity contribution in [3.63, 3.8) is 0 Å². The maximum Gasteiger partial charge on any atom is 0.294 e. The lowest BCUT2D eigenvalue weighted by atomic mass is 10.1. The van der Waals surface area contributed by atoms with Crippen LogP contribution in [0.3, 0.4) is 0 Å². The predicted molar refractivity (Wildman–Crippen MR) is 74.6 cm³/mol. The molecule has 3 nitrogen and oxygen atoms in total. The molecule has 0 N–H and O–H groups in total. The van der Waals surface area contributed by atoms with Gasteiger partial charge in [0.15, 0.2) is 5.76 Å². The van der Waals surface area contributed by atoms with Gasteiger partial charge in [-0.1, -0.05) is 18.2 Å². The van der Waals surface area contributed by atoms with Crippen LogP contribution in [0.2, 0.25) is 0 Å². The van der Waals surface area contributed by atoms with E-state index in [0.29, 0.717) is 5.76 Å². The Kier molecular flexibility index (Phi) is 2.70. The van der Waals surface area contributed by atoms with E-state index in [2.05, 4.69) is 13.0 Å². The largest absolute Gasteiger partial charge is 0.456 e. The summed E-state index contributed by atoms with van der Waals surface area (Å²) in [5.41, 5.74) is 3.25. The van der Waals surface area contributed by atoms with Crippen molar-refractivity contribution in [1.29, 1.82) is 0 Å². The fraction of sp³-hybridized carbons (Fsp3) is 0.312. The predicted octanol–water partition coefficient (Wildman–Crippen LogP) is 3.49. The molecule has 1 aliphatic rings. The first-order valence-corrected chi connectivity index (χ1v) is 6.56. The Morgan fingerprint density at radius 1 is 1.32 bits per heavy atom. The average Bonchev–Trinajstić information content (AvgIpc) is 2.89. The summed E-state index contributed by atoms with van der Waals surface area (Å²) in [4.78, 5) is 14.5. The van der Waals surface area contributed by atoms with E-state index < -0.39 is 0 Å². The summed E-state index contributed by atoms with van der Waals surface area (Å²) < 4.78 is 5.56. The Morgan fingerprint density at radius 3 is 2.74 bits per heavy atom. The monoisotopic (exact) mass is 255 g/mol. The molecule has 1 aromatic carbocycles. The van der Waals surface area contributed by atoms with Crippen molar-refractivity contribution in [3.8, 4) is 0 Å². The van der Waals surface area contributed by atoms with Gasteiger partial charge in [-0.25, -0.2) is 0 Å². The van der Waals surface area contributed by atoms with Crippen LogP contribution in [-0.4, -0.2) is 11.9 Å². The van der Waals surface area contributed by atoms with Gasteiger partial charge in [-0.15, -0.1) is 0 Å². The molecule has 1 unspecified atom stereocenters. The zero-order valence-corrected chi connectivity index (χ0v) is 11.4. The molecule has 2 heterocycles. The van der Waals surface area contributed by atoms with Crippen LogP contribution in [0.1, 0.15) is 34.4 Å². The summed E-state index contributed by atoms with van der Waals surface area (Å²) in [6, 6.07) is 10.1. The summed E-state index contributed by atoms with van der Waals surface area (Å²) in [7, 11) is 0. The minimum Gasteiger partial charge on any atom is -0.456 e. The Bertz CT molecular complexity index is 622. The fourth-order valence-electron chi connectivity index (χ4n) is 2.67. The molecule has 0 radical (unpaired) electrons. The van der Waals surface area contributed by atoms with E-state index in [0.717, 1.165) is 23.4 Å². The van der Waals surface area contributed by atoms with Crippen molar-refractivity contribution in [1.82, 2.24) is 0 Å². The molecule has 1 aromatic heterocycles. The number of carbonyl (C=O) groups is 1. The number of nitrogens with zero attached hydrogens (tertiary/aromatic N) is 1. The molecule has 2 aromatic rings.